The van der Waals surface area contributed by atoms with E-state index in [0.717, 1.165) is 11.8 Å². The highest BCUT2D eigenvalue weighted by atomic mass is 32.2. The Morgan fingerprint density at radius 3 is 2.25 bits per heavy atom. The molecule has 13 heteroatoms. The molecule has 0 aliphatic carbocycles. The number of aromatic hydroxyl groups is 1. The minimum atomic E-state index is -1.94. The molecule has 4 unspecified atom stereocenters. The second kappa shape index (κ2) is 13.7. The SMILES string of the molecule is O=C(CS[C@H]1C(=O)N(c2ccccc2)[C@@H]1c1ccc(-c2cccc(O)c2)cc1O[C@@H]1OC(C(=O)O)C(O)C(O)C1O)c1ccc(F)cc1. The van der Waals surface area contributed by atoms with Crippen LogP contribution < -0.4 is 9.64 Å². The number of nitrogens with zero attached hydrogens (tertiary/aromatic N) is 1. The number of phenols is 1. The highest BCUT2D eigenvalue weighted by Gasteiger charge is 2.52. The Hall–Kier alpha value is -4.79. The number of anilines is 1. The summed E-state index contributed by atoms with van der Waals surface area (Å²) in [6, 6.07) is 24.4. The van der Waals surface area contributed by atoms with Gasteiger partial charge in [-0.3, -0.25) is 9.59 Å². The maximum Gasteiger partial charge on any atom is 0.335 e. The molecule has 4 aromatic rings. The Kier molecular flexibility index (Phi) is 9.49. The van der Waals surface area contributed by atoms with Crippen molar-refractivity contribution in [3.63, 3.8) is 0 Å². The number of halogens is 1. The maximum atomic E-state index is 13.7. The first kappa shape index (κ1) is 33.1. The number of carboxylic acids is 1. The molecule has 0 aromatic heterocycles. The normalized spacial score (nSPS) is 25.3. The van der Waals surface area contributed by atoms with Crippen LogP contribution in [0.15, 0.2) is 97.1 Å². The highest BCUT2D eigenvalue weighted by Crippen LogP contribution is 2.49. The van der Waals surface area contributed by atoms with E-state index in [1.54, 1.807) is 60.7 Å². The number of β-lactam (4-membered cyclic amide) rings is 1. The predicted molar refractivity (Wildman–Crippen MR) is 172 cm³/mol. The number of thioether (sulfide) groups is 1. The molecule has 1 amide bonds. The summed E-state index contributed by atoms with van der Waals surface area (Å²) >= 11 is 1.09. The Bertz CT molecular complexity index is 1820. The van der Waals surface area contributed by atoms with Gasteiger partial charge in [0.15, 0.2) is 11.9 Å². The molecule has 0 spiro atoms. The van der Waals surface area contributed by atoms with Crippen molar-refractivity contribution in [1.82, 2.24) is 0 Å². The van der Waals surface area contributed by atoms with Gasteiger partial charge in [0.25, 0.3) is 0 Å². The van der Waals surface area contributed by atoms with E-state index in [4.69, 9.17) is 9.47 Å². The van der Waals surface area contributed by atoms with Crippen LogP contribution >= 0.6 is 11.8 Å². The average molecular weight is 676 g/mol. The lowest BCUT2D eigenvalue weighted by atomic mass is 9.90. The van der Waals surface area contributed by atoms with Crippen LogP contribution in [0.25, 0.3) is 11.1 Å². The fraction of sp³-hybridized carbons (Fsp3) is 0.229. The molecule has 6 rings (SSSR count). The van der Waals surface area contributed by atoms with Crippen molar-refractivity contribution in [3.05, 3.63) is 114 Å². The lowest BCUT2D eigenvalue weighted by Crippen LogP contribution is -2.61. The van der Waals surface area contributed by atoms with Gasteiger partial charge >= 0.3 is 5.97 Å². The second-order valence-electron chi connectivity index (χ2n) is 11.3. The van der Waals surface area contributed by atoms with E-state index in [1.165, 1.54) is 41.3 Å². The van der Waals surface area contributed by atoms with E-state index in [9.17, 15) is 44.3 Å². The third-order valence-electron chi connectivity index (χ3n) is 8.21. The van der Waals surface area contributed by atoms with Gasteiger partial charge in [0.2, 0.25) is 12.2 Å². The lowest BCUT2D eigenvalue weighted by Gasteiger charge is -2.47. The van der Waals surface area contributed by atoms with Gasteiger partial charge in [-0.15, -0.1) is 11.8 Å². The standard InChI is InChI=1S/C35H30FNO10S/c36-21-12-9-18(10-13-21)25(39)17-48-32-27(37(33(32)43)22-6-2-1-3-7-22)24-14-11-20(19-5-4-8-23(38)15-19)16-26(24)46-35-30(42)28(40)29(41)31(47-35)34(44)45/h1-16,27-32,35,38,40-42H,17H2,(H,44,45)/t27-,28?,29?,30?,31?,32-,35-/m1/s1. The van der Waals surface area contributed by atoms with Crippen molar-refractivity contribution in [2.75, 3.05) is 10.7 Å². The number of carbonyl (C=O) groups is 3. The number of hydrogen-bond acceptors (Lipinski definition) is 10. The molecular formula is C35H30FNO10S. The first-order valence-electron chi connectivity index (χ1n) is 14.8. The number of para-hydroxylation sites is 1. The summed E-state index contributed by atoms with van der Waals surface area (Å²) in [6.07, 6.45) is -9.39. The number of phenolic OH excluding ortho intramolecular Hbond substituents is 1. The summed E-state index contributed by atoms with van der Waals surface area (Å²) < 4.78 is 25.0. The van der Waals surface area contributed by atoms with E-state index in [2.05, 4.69) is 0 Å². The van der Waals surface area contributed by atoms with E-state index in [-0.39, 0.29) is 34.5 Å². The molecule has 248 valence electrons. The van der Waals surface area contributed by atoms with E-state index in [1.807, 2.05) is 0 Å². The van der Waals surface area contributed by atoms with Crippen LogP contribution in [0.2, 0.25) is 0 Å². The van der Waals surface area contributed by atoms with Crippen molar-refractivity contribution >= 4 is 35.1 Å². The zero-order valence-corrected chi connectivity index (χ0v) is 25.8. The van der Waals surface area contributed by atoms with E-state index in [0.29, 0.717) is 22.4 Å². The molecular weight excluding hydrogens is 645 g/mol. The summed E-state index contributed by atoms with van der Waals surface area (Å²) in [6.45, 7) is 0. The summed E-state index contributed by atoms with van der Waals surface area (Å²) in [5.74, 6) is -2.76. The zero-order chi connectivity index (χ0) is 34.1. The van der Waals surface area contributed by atoms with Gasteiger partial charge in [-0.25, -0.2) is 9.18 Å². The minimum Gasteiger partial charge on any atom is -0.508 e. The van der Waals surface area contributed by atoms with Gasteiger partial charge in [-0.2, -0.15) is 0 Å². The Morgan fingerprint density at radius 2 is 1.56 bits per heavy atom. The number of rotatable bonds is 10. The monoisotopic (exact) mass is 675 g/mol. The largest absolute Gasteiger partial charge is 0.508 e. The molecule has 0 radical (unpaired) electrons. The Morgan fingerprint density at radius 1 is 0.854 bits per heavy atom. The van der Waals surface area contributed by atoms with Crippen molar-refractivity contribution in [1.29, 1.82) is 0 Å². The fourth-order valence-electron chi connectivity index (χ4n) is 5.71. The number of Topliss-reactive ketones (excluding diaryl/α,β-unsaturated/α-hetero) is 1. The molecule has 0 saturated carbocycles. The number of aliphatic carboxylic acids is 1. The third-order valence-corrected chi connectivity index (χ3v) is 9.46. The minimum absolute atomic E-state index is 0.00591. The van der Waals surface area contributed by atoms with Crippen molar-refractivity contribution < 1.29 is 53.8 Å². The van der Waals surface area contributed by atoms with Crippen LogP contribution in [-0.4, -0.2) is 84.9 Å². The molecule has 2 heterocycles. The van der Waals surface area contributed by atoms with Crippen molar-refractivity contribution in [2.45, 2.75) is 42.0 Å². The Labute approximate surface area is 277 Å². The third kappa shape index (κ3) is 6.50. The maximum absolute atomic E-state index is 13.7. The van der Waals surface area contributed by atoms with Crippen LogP contribution in [0.5, 0.6) is 11.5 Å². The second-order valence-corrected chi connectivity index (χ2v) is 12.4. The van der Waals surface area contributed by atoms with Gasteiger partial charge in [0, 0.05) is 16.8 Å². The number of benzene rings is 4. The molecule has 48 heavy (non-hydrogen) atoms. The molecule has 2 aliphatic rings. The topological polar surface area (TPSA) is 174 Å². The molecule has 2 saturated heterocycles. The van der Waals surface area contributed by atoms with Crippen LogP contribution in [-0.2, 0) is 14.3 Å². The van der Waals surface area contributed by atoms with Gasteiger partial charge in [0.05, 0.1) is 11.8 Å². The molecule has 2 fully saturated rings. The number of aliphatic hydroxyl groups excluding tert-OH is 3. The van der Waals surface area contributed by atoms with Crippen LogP contribution in [0.1, 0.15) is 22.0 Å². The number of carboxylic acid groups (broad SMARTS) is 1. The molecule has 2 aliphatic heterocycles. The van der Waals surface area contributed by atoms with Crippen LogP contribution in [0.4, 0.5) is 10.1 Å². The van der Waals surface area contributed by atoms with Gasteiger partial charge in [0.1, 0.15) is 40.9 Å². The first-order valence-corrected chi connectivity index (χ1v) is 15.9. The van der Waals surface area contributed by atoms with Crippen LogP contribution in [0.3, 0.4) is 0 Å². The quantitative estimate of drug-likeness (QED) is 0.123. The number of hydrogen-bond donors (Lipinski definition) is 5. The highest BCUT2D eigenvalue weighted by molar-refractivity contribution is 8.01. The lowest BCUT2D eigenvalue weighted by molar-refractivity contribution is -0.271. The number of amides is 1. The molecule has 7 atom stereocenters. The van der Waals surface area contributed by atoms with Gasteiger partial charge in [-0.1, -0.05) is 42.5 Å². The summed E-state index contributed by atoms with van der Waals surface area (Å²) in [7, 11) is 0. The van der Waals surface area contributed by atoms with Crippen molar-refractivity contribution in [3.8, 4) is 22.6 Å². The van der Waals surface area contributed by atoms with E-state index >= 15 is 0 Å². The number of aliphatic hydroxyl groups is 3. The molecule has 0 bridgehead atoms. The molecule has 5 N–H and O–H groups in total. The number of ketones is 1. The first-order chi connectivity index (χ1) is 23.0. The zero-order valence-electron chi connectivity index (χ0n) is 25.0. The molecule has 11 nitrogen and oxygen atoms in total. The van der Waals surface area contributed by atoms with E-state index < -0.39 is 53.8 Å². The van der Waals surface area contributed by atoms with Crippen molar-refractivity contribution in [2.24, 2.45) is 0 Å². The summed E-state index contributed by atoms with van der Waals surface area (Å²) in [4.78, 5) is 40.0. The average Bonchev–Trinajstić information content (AvgIpc) is 3.08. The summed E-state index contributed by atoms with van der Waals surface area (Å²) in [5.41, 5.74) is 2.35. The number of carbonyl (C=O) groups excluding carboxylic acids is 2. The van der Waals surface area contributed by atoms with Gasteiger partial charge in [-0.05, 0) is 65.7 Å². The van der Waals surface area contributed by atoms with Gasteiger partial charge < -0.3 is 39.9 Å². The predicted octanol–water partition coefficient (Wildman–Crippen LogP) is 3.54. The van der Waals surface area contributed by atoms with Crippen LogP contribution in [0, 0.1) is 5.82 Å². The molecule has 4 aromatic carbocycles. The Balaban J connectivity index is 1.40. The smallest absolute Gasteiger partial charge is 0.335 e. The fourth-order valence-corrected chi connectivity index (χ4v) is 6.91. The summed E-state index contributed by atoms with van der Waals surface area (Å²) in [5, 5.41) is 50.3. The number of ether oxygens (including phenoxy) is 2.